The summed E-state index contributed by atoms with van der Waals surface area (Å²) in [6.45, 7) is 1.11. The standard InChI is InChI=1S/C12H19N3/c1-15(2)11-7-6-10-13-14-12-8-4-3-5-9-12/h3-5,8-10,14H,6-7,11H2,1-2H3/b13-10-. The molecule has 0 atom stereocenters. The molecule has 0 radical (unpaired) electrons. The molecule has 0 aliphatic rings. The average Bonchev–Trinajstić information content (AvgIpc) is 2.24. The van der Waals surface area contributed by atoms with E-state index in [-0.39, 0.29) is 0 Å². The van der Waals surface area contributed by atoms with Gasteiger partial charge in [0.15, 0.2) is 0 Å². The lowest BCUT2D eigenvalue weighted by Crippen LogP contribution is -2.12. The van der Waals surface area contributed by atoms with Crippen LogP contribution in [0.4, 0.5) is 5.69 Å². The third-order valence-electron chi connectivity index (χ3n) is 2.00. The van der Waals surface area contributed by atoms with E-state index < -0.39 is 0 Å². The lowest BCUT2D eigenvalue weighted by Gasteiger charge is -2.06. The first-order chi connectivity index (χ1) is 7.29. The molecule has 0 amide bonds. The number of nitrogens with one attached hydrogen (secondary N) is 1. The Morgan fingerprint density at radius 3 is 2.67 bits per heavy atom. The van der Waals surface area contributed by atoms with Gasteiger partial charge in [0.2, 0.25) is 0 Å². The van der Waals surface area contributed by atoms with Crippen molar-refractivity contribution >= 4 is 11.9 Å². The van der Waals surface area contributed by atoms with E-state index in [1.807, 2.05) is 36.5 Å². The highest BCUT2D eigenvalue weighted by Gasteiger charge is 1.88. The zero-order valence-electron chi connectivity index (χ0n) is 9.48. The highest BCUT2D eigenvalue weighted by atomic mass is 15.3. The SMILES string of the molecule is CN(C)CCC/C=N\Nc1ccccc1. The fraction of sp³-hybridized carbons (Fsp3) is 0.417. The monoisotopic (exact) mass is 205 g/mol. The summed E-state index contributed by atoms with van der Waals surface area (Å²) in [6, 6.07) is 9.97. The molecule has 15 heavy (non-hydrogen) atoms. The van der Waals surface area contributed by atoms with Crippen LogP contribution in [0.15, 0.2) is 35.4 Å². The molecule has 0 bridgehead atoms. The van der Waals surface area contributed by atoms with Gasteiger partial charge in [-0.3, -0.25) is 5.43 Å². The largest absolute Gasteiger partial charge is 0.309 e. The van der Waals surface area contributed by atoms with Gasteiger partial charge in [-0.1, -0.05) is 18.2 Å². The minimum Gasteiger partial charge on any atom is -0.309 e. The smallest absolute Gasteiger partial charge is 0.0561 e. The van der Waals surface area contributed by atoms with E-state index in [9.17, 15) is 0 Å². The third kappa shape index (κ3) is 5.86. The van der Waals surface area contributed by atoms with Crippen LogP contribution in [0.5, 0.6) is 0 Å². The maximum atomic E-state index is 4.14. The summed E-state index contributed by atoms with van der Waals surface area (Å²) in [6.07, 6.45) is 4.08. The van der Waals surface area contributed by atoms with Gasteiger partial charge in [0, 0.05) is 6.21 Å². The summed E-state index contributed by atoms with van der Waals surface area (Å²) in [5.74, 6) is 0. The van der Waals surface area contributed by atoms with Gasteiger partial charge in [0.1, 0.15) is 0 Å². The van der Waals surface area contributed by atoms with Crippen LogP contribution in [0.2, 0.25) is 0 Å². The van der Waals surface area contributed by atoms with Crippen LogP contribution in [-0.4, -0.2) is 31.8 Å². The summed E-state index contributed by atoms with van der Waals surface area (Å²) in [5, 5.41) is 4.14. The molecule has 0 saturated carbocycles. The maximum Gasteiger partial charge on any atom is 0.0561 e. The Kier molecular flexibility index (Phi) is 5.48. The van der Waals surface area contributed by atoms with E-state index in [2.05, 4.69) is 29.5 Å². The van der Waals surface area contributed by atoms with Crippen molar-refractivity contribution in [3.8, 4) is 0 Å². The summed E-state index contributed by atoms with van der Waals surface area (Å²) in [5.41, 5.74) is 4.02. The Morgan fingerprint density at radius 1 is 1.27 bits per heavy atom. The number of benzene rings is 1. The first kappa shape index (κ1) is 11.7. The number of hydrazone groups is 1. The maximum absolute atomic E-state index is 4.14. The Labute approximate surface area is 91.8 Å². The zero-order valence-corrected chi connectivity index (χ0v) is 9.48. The normalized spacial score (nSPS) is 11.1. The van der Waals surface area contributed by atoms with Crippen molar-refractivity contribution in [1.29, 1.82) is 0 Å². The first-order valence-corrected chi connectivity index (χ1v) is 5.26. The highest BCUT2D eigenvalue weighted by molar-refractivity contribution is 5.59. The number of unbranched alkanes of at least 4 members (excludes halogenated alkanes) is 1. The Hall–Kier alpha value is -1.35. The summed E-state index contributed by atoms with van der Waals surface area (Å²) in [4.78, 5) is 2.18. The van der Waals surface area contributed by atoms with Crippen molar-refractivity contribution in [3.63, 3.8) is 0 Å². The average molecular weight is 205 g/mol. The molecule has 3 heteroatoms. The predicted octanol–water partition coefficient (Wildman–Crippen LogP) is 2.43. The van der Waals surface area contributed by atoms with Crippen molar-refractivity contribution in [2.75, 3.05) is 26.1 Å². The van der Waals surface area contributed by atoms with Crippen LogP contribution in [0.25, 0.3) is 0 Å². The van der Waals surface area contributed by atoms with E-state index in [1.165, 1.54) is 0 Å². The van der Waals surface area contributed by atoms with Gasteiger partial charge in [0.25, 0.3) is 0 Å². The van der Waals surface area contributed by atoms with Gasteiger partial charge in [-0.05, 0) is 45.6 Å². The molecule has 1 aromatic carbocycles. The van der Waals surface area contributed by atoms with Gasteiger partial charge in [-0.2, -0.15) is 5.10 Å². The fourth-order valence-electron chi connectivity index (χ4n) is 1.20. The van der Waals surface area contributed by atoms with Gasteiger partial charge in [-0.15, -0.1) is 0 Å². The van der Waals surface area contributed by atoms with Crippen LogP contribution >= 0.6 is 0 Å². The zero-order chi connectivity index (χ0) is 10.9. The molecule has 0 aliphatic carbocycles. The molecular formula is C12H19N3. The number of hydrogen-bond acceptors (Lipinski definition) is 3. The van der Waals surface area contributed by atoms with E-state index >= 15 is 0 Å². The van der Waals surface area contributed by atoms with Crippen molar-refractivity contribution < 1.29 is 0 Å². The molecule has 0 saturated heterocycles. The third-order valence-corrected chi connectivity index (χ3v) is 2.00. The fourth-order valence-corrected chi connectivity index (χ4v) is 1.20. The lowest BCUT2D eigenvalue weighted by molar-refractivity contribution is 0.404. The molecule has 0 unspecified atom stereocenters. The molecule has 0 aliphatic heterocycles. The quantitative estimate of drug-likeness (QED) is 0.439. The molecule has 0 heterocycles. The van der Waals surface area contributed by atoms with Crippen LogP contribution < -0.4 is 5.43 Å². The summed E-state index contributed by atoms with van der Waals surface area (Å²) in [7, 11) is 4.17. The summed E-state index contributed by atoms with van der Waals surface area (Å²) >= 11 is 0. The second-order valence-electron chi connectivity index (χ2n) is 3.74. The number of nitrogens with zero attached hydrogens (tertiary/aromatic N) is 2. The van der Waals surface area contributed by atoms with E-state index in [0.29, 0.717) is 0 Å². The van der Waals surface area contributed by atoms with Crippen molar-refractivity contribution in [1.82, 2.24) is 4.90 Å². The Morgan fingerprint density at radius 2 is 2.00 bits per heavy atom. The van der Waals surface area contributed by atoms with Gasteiger partial charge >= 0.3 is 0 Å². The molecule has 0 aromatic heterocycles. The number of para-hydroxylation sites is 1. The second kappa shape index (κ2) is 7.01. The second-order valence-corrected chi connectivity index (χ2v) is 3.74. The van der Waals surface area contributed by atoms with Crippen LogP contribution in [0.1, 0.15) is 12.8 Å². The van der Waals surface area contributed by atoms with Gasteiger partial charge in [0.05, 0.1) is 5.69 Å². The van der Waals surface area contributed by atoms with Crippen molar-refractivity contribution in [3.05, 3.63) is 30.3 Å². The van der Waals surface area contributed by atoms with Gasteiger partial charge < -0.3 is 4.90 Å². The molecular weight excluding hydrogens is 186 g/mol. The topological polar surface area (TPSA) is 27.6 Å². The first-order valence-electron chi connectivity index (χ1n) is 5.26. The number of rotatable bonds is 6. The van der Waals surface area contributed by atoms with E-state index in [1.54, 1.807) is 0 Å². The Balaban J connectivity index is 2.12. The molecule has 0 fully saturated rings. The lowest BCUT2D eigenvalue weighted by atomic mass is 10.3. The minimum absolute atomic E-state index is 1.01. The van der Waals surface area contributed by atoms with E-state index in [0.717, 1.165) is 25.1 Å². The van der Waals surface area contributed by atoms with Crippen molar-refractivity contribution in [2.45, 2.75) is 12.8 Å². The van der Waals surface area contributed by atoms with Gasteiger partial charge in [-0.25, -0.2) is 0 Å². The summed E-state index contributed by atoms with van der Waals surface area (Å²) < 4.78 is 0. The number of hydrogen-bond donors (Lipinski definition) is 1. The number of anilines is 1. The Bertz CT molecular complexity index is 280. The predicted molar refractivity (Wildman–Crippen MR) is 66.3 cm³/mol. The molecule has 1 N–H and O–H groups in total. The molecule has 82 valence electrons. The van der Waals surface area contributed by atoms with Crippen molar-refractivity contribution in [2.24, 2.45) is 5.10 Å². The van der Waals surface area contributed by atoms with Crippen LogP contribution in [0.3, 0.4) is 0 Å². The molecule has 1 aromatic rings. The van der Waals surface area contributed by atoms with E-state index in [4.69, 9.17) is 0 Å². The molecule has 3 nitrogen and oxygen atoms in total. The van der Waals surface area contributed by atoms with Crippen LogP contribution in [-0.2, 0) is 0 Å². The highest BCUT2D eigenvalue weighted by Crippen LogP contribution is 2.03. The minimum atomic E-state index is 1.01. The molecule has 1 rings (SSSR count). The molecule has 0 spiro atoms. The van der Waals surface area contributed by atoms with Crippen LogP contribution in [0, 0.1) is 0 Å².